The van der Waals surface area contributed by atoms with Crippen molar-refractivity contribution in [2.75, 3.05) is 0 Å². The fourth-order valence-corrected chi connectivity index (χ4v) is 3.83. The summed E-state index contributed by atoms with van der Waals surface area (Å²) in [5.41, 5.74) is 2.66. The molecule has 7 heteroatoms. The highest BCUT2D eigenvalue weighted by Gasteiger charge is 2.18. The van der Waals surface area contributed by atoms with Gasteiger partial charge < -0.3 is 0 Å². The highest BCUT2D eigenvalue weighted by atomic mass is 32.2. The van der Waals surface area contributed by atoms with E-state index in [0.29, 0.717) is 22.1 Å². The number of aryl methyl sites for hydroxylation is 1. The smallest absolute Gasteiger partial charge is 0.196 e. The maximum atomic E-state index is 14.4. The highest BCUT2D eigenvalue weighted by molar-refractivity contribution is 7.98. The van der Waals surface area contributed by atoms with Gasteiger partial charge >= 0.3 is 0 Å². The quantitative estimate of drug-likeness (QED) is 0.380. The lowest BCUT2D eigenvalue weighted by Gasteiger charge is -2.11. The minimum atomic E-state index is -0.632. The molecule has 0 fully saturated rings. The van der Waals surface area contributed by atoms with Crippen molar-refractivity contribution in [1.82, 2.24) is 14.8 Å². The van der Waals surface area contributed by atoms with E-state index in [4.69, 9.17) is 0 Å². The Kier molecular flexibility index (Phi) is 5.40. The predicted octanol–water partition coefficient (Wildman–Crippen LogP) is 5.95. The van der Waals surface area contributed by atoms with Crippen LogP contribution in [-0.4, -0.2) is 14.8 Å². The van der Waals surface area contributed by atoms with Gasteiger partial charge in [-0.05, 0) is 48.9 Å². The molecule has 0 saturated heterocycles. The van der Waals surface area contributed by atoms with Crippen LogP contribution in [0.3, 0.4) is 0 Å². The molecule has 0 amide bonds. The molecule has 0 radical (unpaired) electrons. The van der Waals surface area contributed by atoms with Gasteiger partial charge in [0.15, 0.2) is 11.0 Å². The van der Waals surface area contributed by atoms with Gasteiger partial charge in [0.05, 0.1) is 5.56 Å². The number of hydrogen-bond acceptors (Lipinski definition) is 3. The molecule has 0 aliphatic heterocycles. The van der Waals surface area contributed by atoms with Gasteiger partial charge in [-0.3, -0.25) is 4.57 Å². The Morgan fingerprint density at radius 2 is 1.55 bits per heavy atom. The van der Waals surface area contributed by atoms with E-state index in [1.165, 1.54) is 30.0 Å². The Morgan fingerprint density at radius 3 is 2.24 bits per heavy atom. The molecule has 0 aliphatic rings. The van der Waals surface area contributed by atoms with Crippen molar-refractivity contribution in [3.8, 4) is 17.1 Å². The average Bonchev–Trinajstić information content (AvgIpc) is 3.10. The third-order valence-electron chi connectivity index (χ3n) is 4.33. The van der Waals surface area contributed by atoms with Crippen LogP contribution in [0, 0.1) is 24.4 Å². The average molecular weight is 411 g/mol. The van der Waals surface area contributed by atoms with Crippen LogP contribution < -0.4 is 0 Å². The van der Waals surface area contributed by atoms with Crippen LogP contribution in [0.15, 0.2) is 71.9 Å². The van der Waals surface area contributed by atoms with E-state index in [1.54, 1.807) is 22.8 Å². The zero-order chi connectivity index (χ0) is 20.4. The minimum absolute atomic E-state index is 0.288. The van der Waals surface area contributed by atoms with Crippen molar-refractivity contribution in [2.45, 2.75) is 17.8 Å². The van der Waals surface area contributed by atoms with E-state index in [9.17, 15) is 13.2 Å². The fourth-order valence-electron chi connectivity index (χ4n) is 2.95. The Balaban J connectivity index is 1.75. The first-order valence-electron chi connectivity index (χ1n) is 8.86. The van der Waals surface area contributed by atoms with Gasteiger partial charge in [-0.1, -0.05) is 41.6 Å². The van der Waals surface area contributed by atoms with E-state index in [-0.39, 0.29) is 5.75 Å². The molecule has 0 bridgehead atoms. The van der Waals surface area contributed by atoms with Crippen LogP contribution in [0.2, 0.25) is 0 Å². The third-order valence-corrected chi connectivity index (χ3v) is 5.33. The summed E-state index contributed by atoms with van der Waals surface area (Å²) in [5.74, 6) is -1.02. The summed E-state index contributed by atoms with van der Waals surface area (Å²) in [6.45, 7) is 1.97. The number of hydrogen-bond donors (Lipinski definition) is 0. The number of aromatic nitrogens is 3. The van der Waals surface area contributed by atoms with Gasteiger partial charge in [0.2, 0.25) is 0 Å². The van der Waals surface area contributed by atoms with Crippen LogP contribution in [0.1, 0.15) is 11.1 Å². The summed E-state index contributed by atoms with van der Waals surface area (Å²) in [4.78, 5) is 0. The molecule has 1 heterocycles. The molecule has 0 spiro atoms. The van der Waals surface area contributed by atoms with Gasteiger partial charge in [-0.2, -0.15) is 0 Å². The molecule has 0 atom stereocenters. The maximum absolute atomic E-state index is 14.4. The van der Waals surface area contributed by atoms with Crippen molar-refractivity contribution in [3.05, 3.63) is 95.3 Å². The van der Waals surface area contributed by atoms with Crippen molar-refractivity contribution in [3.63, 3.8) is 0 Å². The molecule has 0 saturated carbocycles. The SMILES string of the molecule is Cc1ccc(-n2c(SCc3cc(F)cc(F)c3)nnc2-c2ccccc2F)cc1. The summed E-state index contributed by atoms with van der Waals surface area (Å²) in [7, 11) is 0. The summed E-state index contributed by atoms with van der Waals surface area (Å²) < 4.78 is 43.1. The fraction of sp³-hybridized carbons (Fsp3) is 0.0909. The van der Waals surface area contributed by atoms with E-state index in [2.05, 4.69) is 10.2 Å². The number of rotatable bonds is 5. The molecule has 4 rings (SSSR count). The lowest BCUT2D eigenvalue weighted by Crippen LogP contribution is -2.01. The molecule has 3 aromatic carbocycles. The van der Waals surface area contributed by atoms with Gasteiger partial charge in [0.1, 0.15) is 17.5 Å². The van der Waals surface area contributed by atoms with Crippen LogP contribution >= 0.6 is 11.8 Å². The van der Waals surface area contributed by atoms with Crippen LogP contribution in [0.25, 0.3) is 17.1 Å². The zero-order valence-electron chi connectivity index (χ0n) is 15.4. The van der Waals surface area contributed by atoms with Gasteiger partial charge in [0.25, 0.3) is 0 Å². The third kappa shape index (κ3) is 4.19. The van der Waals surface area contributed by atoms with Gasteiger partial charge in [-0.25, -0.2) is 13.2 Å². The second kappa shape index (κ2) is 8.13. The van der Waals surface area contributed by atoms with E-state index in [0.717, 1.165) is 17.3 Å². The van der Waals surface area contributed by atoms with Crippen molar-refractivity contribution in [1.29, 1.82) is 0 Å². The first-order chi connectivity index (χ1) is 14.0. The molecule has 3 nitrogen and oxygen atoms in total. The Labute approximate surface area is 170 Å². The standard InChI is InChI=1S/C22H16F3N3S/c1-14-6-8-18(9-7-14)28-21(19-4-2-3-5-20(19)25)26-27-22(28)29-13-15-10-16(23)12-17(24)11-15/h2-12H,13H2,1H3. The van der Waals surface area contributed by atoms with Crippen LogP contribution in [-0.2, 0) is 5.75 Å². The Morgan fingerprint density at radius 1 is 0.862 bits per heavy atom. The molecule has 146 valence electrons. The van der Waals surface area contributed by atoms with Crippen molar-refractivity contribution < 1.29 is 13.2 Å². The van der Waals surface area contributed by atoms with Crippen LogP contribution in [0.5, 0.6) is 0 Å². The maximum Gasteiger partial charge on any atom is 0.196 e. The van der Waals surface area contributed by atoms with E-state index in [1.807, 2.05) is 31.2 Å². The summed E-state index contributed by atoms with van der Waals surface area (Å²) >= 11 is 1.27. The Bertz CT molecular complexity index is 1140. The zero-order valence-corrected chi connectivity index (χ0v) is 16.3. The molecular formula is C22H16F3N3S. The summed E-state index contributed by atoms with van der Waals surface area (Å²) in [6, 6.07) is 17.4. The monoisotopic (exact) mass is 411 g/mol. The lowest BCUT2D eigenvalue weighted by molar-refractivity contribution is 0.581. The summed E-state index contributed by atoms with van der Waals surface area (Å²) in [6.07, 6.45) is 0. The van der Waals surface area contributed by atoms with Crippen molar-refractivity contribution >= 4 is 11.8 Å². The van der Waals surface area contributed by atoms with Crippen molar-refractivity contribution in [2.24, 2.45) is 0 Å². The number of benzene rings is 3. The van der Waals surface area contributed by atoms with Crippen LogP contribution in [0.4, 0.5) is 13.2 Å². The molecule has 0 unspecified atom stereocenters. The van der Waals surface area contributed by atoms with Gasteiger partial charge in [-0.15, -0.1) is 10.2 Å². The minimum Gasteiger partial charge on any atom is -0.270 e. The highest BCUT2D eigenvalue weighted by Crippen LogP contribution is 2.31. The first-order valence-corrected chi connectivity index (χ1v) is 9.85. The first kappa shape index (κ1) is 19.3. The van der Waals surface area contributed by atoms with E-state index >= 15 is 0 Å². The number of thioether (sulfide) groups is 1. The number of nitrogens with zero attached hydrogens (tertiary/aromatic N) is 3. The second-order valence-corrected chi connectivity index (χ2v) is 7.47. The lowest BCUT2D eigenvalue weighted by atomic mass is 10.2. The molecule has 1 aromatic heterocycles. The Hall–Kier alpha value is -3.06. The molecule has 0 N–H and O–H groups in total. The molecular weight excluding hydrogens is 395 g/mol. The second-order valence-electron chi connectivity index (χ2n) is 6.52. The van der Waals surface area contributed by atoms with Gasteiger partial charge in [0, 0.05) is 17.5 Å². The normalized spacial score (nSPS) is 11.0. The topological polar surface area (TPSA) is 30.7 Å². The molecule has 0 aliphatic carbocycles. The summed E-state index contributed by atoms with van der Waals surface area (Å²) in [5, 5.41) is 8.91. The number of halogens is 3. The largest absolute Gasteiger partial charge is 0.270 e. The molecule has 29 heavy (non-hydrogen) atoms. The predicted molar refractivity (Wildman–Crippen MR) is 107 cm³/mol. The van der Waals surface area contributed by atoms with E-state index < -0.39 is 17.5 Å². The molecule has 4 aromatic rings.